The number of amides is 2. The minimum atomic E-state index is -0.582. The highest BCUT2D eigenvalue weighted by molar-refractivity contribution is 6.04. The first-order valence-corrected chi connectivity index (χ1v) is 9.74. The normalized spacial score (nSPS) is 11.1. The van der Waals surface area contributed by atoms with E-state index in [-0.39, 0.29) is 0 Å². The van der Waals surface area contributed by atoms with Crippen molar-refractivity contribution in [3.05, 3.63) is 90.6 Å². The van der Waals surface area contributed by atoms with Crippen LogP contribution in [-0.2, 0) is 0 Å². The molecule has 5 rings (SSSR count). The first kappa shape index (κ1) is 17.9. The summed E-state index contributed by atoms with van der Waals surface area (Å²) < 4.78 is 1.94. The van der Waals surface area contributed by atoms with Gasteiger partial charge >= 0.3 is 6.03 Å². The van der Waals surface area contributed by atoms with Gasteiger partial charge < -0.3 is 11.1 Å². The Morgan fingerprint density at radius 1 is 0.867 bits per heavy atom. The summed E-state index contributed by atoms with van der Waals surface area (Å²) in [5, 5.41) is 12.1. The third-order valence-electron chi connectivity index (χ3n) is 5.23. The molecule has 5 heteroatoms. The summed E-state index contributed by atoms with van der Waals surface area (Å²) in [5.74, 6) is 0. The molecule has 0 bridgehead atoms. The number of carbonyl (C=O) groups excluding carboxylic acids is 1. The summed E-state index contributed by atoms with van der Waals surface area (Å²) >= 11 is 0. The van der Waals surface area contributed by atoms with Crippen molar-refractivity contribution in [1.82, 2.24) is 9.78 Å². The van der Waals surface area contributed by atoms with Crippen LogP contribution in [0.3, 0.4) is 0 Å². The highest BCUT2D eigenvalue weighted by atomic mass is 16.2. The van der Waals surface area contributed by atoms with Gasteiger partial charge in [0.2, 0.25) is 0 Å². The number of aryl methyl sites for hydroxylation is 1. The van der Waals surface area contributed by atoms with Crippen molar-refractivity contribution in [3.8, 4) is 16.9 Å². The monoisotopic (exact) mass is 392 g/mol. The second kappa shape index (κ2) is 7.04. The van der Waals surface area contributed by atoms with Crippen molar-refractivity contribution in [2.24, 2.45) is 5.73 Å². The molecule has 0 radical (unpaired) electrons. The van der Waals surface area contributed by atoms with E-state index < -0.39 is 6.03 Å². The van der Waals surface area contributed by atoms with Crippen LogP contribution in [0.5, 0.6) is 0 Å². The Morgan fingerprint density at radius 2 is 1.57 bits per heavy atom. The van der Waals surface area contributed by atoms with E-state index in [1.165, 1.54) is 21.5 Å². The number of hydrogen-bond acceptors (Lipinski definition) is 2. The van der Waals surface area contributed by atoms with E-state index in [1.54, 1.807) is 0 Å². The van der Waals surface area contributed by atoms with Gasteiger partial charge in [0.25, 0.3) is 0 Å². The lowest BCUT2D eigenvalue weighted by molar-refractivity contribution is 0.259. The van der Waals surface area contributed by atoms with Crippen molar-refractivity contribution in [2.75, 3.05) is 5.32 Å². The maximum absolute atomic E-state index is 11.1. The number of hydrogen-bond donors (Lipinski definition) is 2. The van der Waals surface area contributed by atoms with Crippen LogP contribution >= 0.6 is 0 Å². The molecule has 0 saturated heterocycles. The van der Waals surface area contributed by atoms with Crippen LogP contribution in [0, 0.1) is 6.92 Å². The number of nitrogens with two attached hydrogens (primary N) is 1. The zero-order chi connectivity index (χ0) is 20.7. The number of aromatic nitrogens is 2. The molecule has 5 nitrogen and oxygen atoms in total. The number of nitrogens with one attached hydrogen (secondary N) is 1. The molecular weight excluding hydrogens is 372 g/mol. The molecule has 0 fully saturated rings. The molecule has 0 aliphatic rings. The lowest BCUT2D eigenvalue weighted by Gasteiger charge is -2.12. The molecule has 0 atom stereocenters. The van der Waals surface area contributed by atoms with Gasteiger partial charge in [0.15, 0.2) is 0 Å². The van der Waals surface area contributed by atoms with Gasteiger partial charge in [-0.25, -0.2) is 9.48 Å². The fourth-order valence-electron chi connectivity index (χ4n) is 3.91. The molecule has 1 heterocycles. The maximum Gasteiger partial charge on any atom is 0.316 e. The van der Waals surface area contributed by atoms with Crippen LogP contribution in [-0.4, -0.2) is 15.8 Å². The largest absolute Gasteiger partial charge is 0.351 e. The van der Waals surface area contributed by atoms with E-state index in [0.29, 0.717) is 5.69 Å². The van der Waals surface area contributed by atoms with Crippen molar-refractivity contribution in [3.63, 3.8) is 0 Å². The van der Waals surface area contributed by atoms with Crippen molar-refractivity contribution in [1.29, 1.82) is 0 Å². The number of benzene rings is 4. The average Bonchev–Trinajstić information content (AvgIpc) is 3.13. The second-order valence-corrected chi connectivity index (χ2v) is 7.34. The number of fused-ring (bicyclic) bond motifs is 2. The fourth-order valence-corrected chi connectivity index (χ4v) is 3.91. The van der Waals surface area contributed by atoms with Gasteiger partial charge in [-0.15, -0.1) is 0 Å². The summed E-state index contributed by atoms with van der Waals surface area (Å²) in [5.41, 5.74) is 9.83. The summed E-state index contributed by atoms with van der Waals surface area (Å²) in [4.78, 5) is 11.1. The van der Waals surface area contributed by atoms with Gasteiger partial charge in [-0.3, -0.25) is 0 Å². The molecule has 0 spiro atoms. The first-order valence-electron chi connectivity index (χ1n) is 9.74. The molecule has 4 aromatic carbocycles. The standard InChI is InChI=1S/C25H20N4O/c1-16-13-24(29(28-16)21-11-9-20(10-12-21)27-25(26)30)22-8-4-7-19-14-17-5-2-3-6-18(17)15-23(19)22/h2-15H,1H3,(H3,26,27,30). The van der Waals surface area contributed by atoms with Crippen LogP contribution < -0.4 is 11.1 Å². The van der Waals surface area contributed by atoms with Crippen molar-refractivity contribution in [2.45, 2.75) is 6.92 Å². The number of anilines is 1. The summed E-state index contributed by atoms with van der Waals surface area (Å²) in [6, 6.07) is 28.2. The average molecular weight is 392 g/mol. The summed E-state index contributed by atoms with van der Waals surface area (Å²) in [6.07, 6.45) is 0. The molecule has 0 aliphatic heterocycles. The third kappa shape index (κ3) is 3.16. The van der Waals surface area contributed by atoms with E-state index in [1.807, 2.05) is 35.9 Å². The highest BCUT2D eigenvalue weighted by Crippen LogP contribution is 2.33. The Balaban J connectivity index is 1.68. The van der Waals surface area contributed by atoms with E-state index in [2.05, 4.69) is 66.0 Å². The van der Waals surface area contributed by atoms with E-state index in [0.717, 1.165) is 22.6 Å². The lowest BCUT2D eigenvalue weighted by Crippen LogP contribution is -2.19. The number of carbonyl (C=O) groups is 1. The maximum atomic E-state index is 11.1. The predicted octanol–water partition coefficient (Wildman–Crippen LogP) is 5.64. The number of nitrogens with zero attached hydrogens (tertiary/aromatic N) is 2. The van der Waals surface area contributed by atoms with E-state index >= 15 is 0 Å². The zero-order valence-corrected chi connectivity index (χ0v) is 16.5. The van der Waals surface area contributed by atoms with Gasteiger partial charge in [-0.1, -0.05) is 42.5 Å². The Labute approximate surface area is 173 Å². The molecule has 146 valence electrons. The van der Waals surface area contributed by atoms with Crippen molar-refractivity contribution >= 4 is 33.3 Å². The minimum absolute atomic E-state index is 0.582. The molecule has 30 heavy (non-hydrogen) atoms. The van der Waals surface area contributed by atoms with Crippen molar-refractivity contribution < 1.29 is 4.79 Å². The van der Waals surface area contributed by atoms with Gasteiger partial charge in [0.05, 0.1) is 17.1 Å². The Morgan fingerprint density at radius 3 is 2.30 bits per heavy atom. The Kier molecular flexibility index (Phi) is 4.21. The Bertz CT molecular complexity index is 1400. The summed E-state index contributed by atoms with van der Waals surface area (Å²) in [6.45, 7) is 1.99. The molecule has 0 aliphatic carbocycles. The third-order valence-corrected chi connectivity index (χ3v) is 5.23. The van der Waals surface area contributed by atoms with Crippen LogP contribution in [0.2, 0.25) is 0 Å². The van der Waals surface area contributed by atoms with Crippen LogP contribution in [0.1, 0.15) is 5.69 Å². The van der Waals surface area contributed by atoms with Crippen LogP contribution in [0.25, 0.3) is 38.5 Å². The quantitative estimate of drug-likeness (QED) is 0.390. The van der Waals surface area contributed by atoms with Gasteiger partial charge in [-0.2, -0.15) is 5.10 Å². The Hall–Kier alpha value is -4.12. The van der Waals surface area contributed by atoms with Crippen LogP contribution in [0.4, 0.5) is 10.5 Å². The fraction of sp³-hybridized carbons (Fsp3) is 0.0400. The second-order valence-electron chi connectivity index (χ2n) is 7.34. The molecule has 5 aromatic rings. The highest BCUT2D eigenvalue weighted by Gasteiger charge is 2.13. The van der Waals surface area contributed by atoms with Crippen LogP contribution in [0.15, 0.2) is 84.9 Å². The molecule has 2 amide bonds. The number of rotatable bonds is 3. The van der Waals surface area contributed by atoms with Gasteiger partial charge in [0, 0.05) is 11.3 Å². The zero-order valence-electron chi connectivity index (χ0n) is 16.5. The minimum Gasteiger partial charge on any atom is -0.351 e. The topological polar surface area (TPSA) is 72.9 Å². The predicted molar refractivity (Wildman–Crippen MR) is 122 cm³/mol. The molecule has 0 saturated carbocycles. The van der Waals surface area contributed by atoms with Gasteiger partial charge in [-0.05, 0) is 70.9 Å². The number of primary amides is 1. The van der Waals surface area contributed by atoms with E-state index in [4.69, 9.17) is 10.8 Å². The number of urea groups is 1. The summed E-state index contributed by atoms with van der Waals surface area (Å²) in [7, 11) is 0. The molecule has 0 unspecified atom stereocenters. The lowest BCUT2D eigenvalue weighted by atomic mass is 9.98. The first-order chi connectivity index (χ1) is 14.6. The van der Waals surface area contributed by atoms with E-state index in [9.17, 15) is 4.79 Å². The SMILES string of the molecule is Cc1cc(-c2cccc3cc4ccccc4cc23)n(-c2ccc(NC(N)=O)cc2)n1. The molecule has 3 N–H and O–H groups in total. The molecule has 1 aromatic heterocycles. The molecular formula is C25H20N4O. The smallest absolute Gasteiger partial charge is 0.316 e. The van der Waals surface area contributed by atoms with Gasteiger partial charge in [0.1, 0.15) is 0 Å².